The van der Waals surface area contributed by atoms with Crippen molar-refractivity contribution in [2.24, 2.45) is 0 Å². The van der Waals surface area contributed by atoms with Gasteiger partial charge in [0, 0.05) is 31.6 Å². The molecule has 9 nitrogen and oxygen atoms in total. The molecule has 2 aromatic carbocycles. The van der Waals surface area contributed by atoms with Crippen molar-refractivity contribution in [3.63, 3.8) is 0 Å². The Kier molecular flexibility index (Phi) is 8.06. The van der Waals surface area contributed by atoms with Crippen LogP contribution in [0.5, 0.6) is 23.0 Å². The molecule has 0 bridgehead atoms. The number of hydrogen-bond donors (Lipinski definition) is 0. The monoisotopic (exact) mass is 508 g/mol. The van der Waals surface area contributed by atoms with Gasteiger partial charge in [-0.05, 0) is 42.3 Å². The number of ether oxygens (including phenoxy) is 4. The summed E-state index contributed by atoms with van der Waals surface area (Å²) in [4.78, 5) is 24.0. The Morgan fingerprint density at radius 2 is 1.72 bits per heavy atom. The highest BCUT2D eigenvalue weighted by Gasteiger charge is 2.21. The maximum absolute atomic E-state index is 13.4. The molecule has 0 unspecified atom stereocenters. The Morgan fingerprint density at radius 3 is 2.42 bits per heavy atom. The molecule has 2 aromatic heterocycles. The number of carbonyl (C=O) groups is 1. The molecule has 4 rings (SSSR count). The molecule has 2 heterocycles. The van der Waals surface area contributed by atoms with E-state index in [1.54, 1.807) is 64.1 Å². The number of imidazole rings is 1. The van der Waals surface area contributed by atoms with E-state index < -0.39 is 0 Å². The van der Waals surface area contributed by atoms with Crippen LogP contribution in [-0.2, 0) is 11.3 Å². The zero-order chi connectivity index (χ0) is 25.5. The zero-order valence-electron chi connectivity index (χ0n) is 20.6. The van der Waals surface area contributed by atoms with Crippen LogP contribution in [0.2, 0.25) is 0 Å². The molecule has 0 aliphatic heterocycles. The Bertz CT molecular complexity index is 1310. The van der Waals surface area contributed by atoms with Crippen LogP contribution in [0.4, 0.5) is 5.13 Å². The topological polar surface area (TPSA) is 87.9 Å². The first-order valence-electron chi connectivity index (χ1n) is 11.3. The average Bonchev–Trinajstić information content (AvgIpc) is 3.59. The van der Waals surface area contributed by atoms with Gasteiger partial charge in [0.2, 0.25) is 0 Å². The molecule has 0 aliphatic rings. The molecule has 0 aliphatic carbocycles. The summed E-state index contributed by atoms with van der Waals surface area (Å²) in [6.07, 6.45) is 9.41. The Balaban J connectivity index is 1.64. The fourth-order valence-corrected chi connectivity index (χ4v) is 4.84. The van der Waals surface area contributed by atoms with E-state index in [4.69, 9.17) is 23.9 Å². The van der Waals surface area contributed by atoms with E-state index in [1.807, 2.05) is 35.0 Å². The maximum atomic E-state index is 13.4. The van der Waals surface area contributed by atoms with Crippen molar-refractivity contribution in [1.29, 1.82) is 0 Å². The van der Waals surface area contributed by atoms with Crippen molar-refractivity contribution >= 4 is 38.7 Å². The summed E-state index contributed by atoms with van der Waals surface area (Å²) in [5, 5.41) is 0.570. The van der Waals surface area contributed by atoms with E-state index in [-0.39, 0.29) is 5.91 Å². The fraction of sp³-hybridized carbons (Fsp3) is 0.269. The van der Waals surface area contributed by atoms with E-state index in [9.17, 15) is 4.79 Å². The molecule has 0 spiro atoms. The predicted molar refractivity (Wildman–Crippen MR) is 141 cm³/mol. The van der Waals surface area contributed by atoms with Crippen molar-refractivity contribution in [2.45, 2.75) is 13.0 Å². The molecule has 0 N–H and O–H groups in total. The number of aryl methyl sites for hydroxylation is 1. The number of carbonyl (C=O) groups excluding carboxylic acids is 1. The Labute approximate surface area is 213 Å². The predicted octanol–water partition coefficient (Wildman–Crippen LogP) is 4.66. The van der Waals surface area contributed by atoms with E-state index >= 15 is 0 Å². The number of aromatic nitrogens is 3. The number of rotatable bonds is 11. The van der Waals surface area contributed by atoms with E-state index in [2.05, 4.69) is 4.98 Å². The van der Waals surface area contributed by atoms with Crippen LogP contribution in [0.1, 0.15) is 12.0 Å². The standard InChI is InChI=1S/C26H28N4O5S/c1-32-19-8-6-18(16-22(19)35-4)7-11-23(31)30(14-5-13-29-15-12-27-17-29)26-28-24-20(33-2)9-10-21(34-3)25(24)36-26/h6-12,15-17H,5,13-14H2,1-4H3/b11-7+. The number of thiazole rings is 1. The SMILES string of the molecule is COc1ccc(/C=C/C(=O)N(CCCn2ccnc2)c2nc3c(OC)ccc(OC)c3s2)cc1OC. The average molecular weight is 509 g/mol. The zero-order valence-corrected chi connectivity index (χ0v) is 21.4. The third-order valence-electron chi connectivity index (χ3n) is 5.58. The first-order valence-corrected chi connectivity index (χ1v) is 12.1. The smallest absolute Gasteiger partial charge is 0.252 e. The van der Waals surface area contributed by atoms with Gasteiger partial charge in [-0.25, -0.2) is 9.97 Å². The highest BCUT2D eigenvalue weighted by Crippen LogP contribution is 2.40. The second-order valence-corrected chi connectivity index (χ2v) is 8.71. The lowest BCUT2D eigenvalue weighted by atomic mass is 10.2. The summed E-state index contributed by atoms with van der Waals surface area (Å²) in [6, 6.07) is 9.14. The molecule has 1 amide bonds. The molecule has 188 valence electrons. The summed E-state index contributed by atoms with van der Waals surface area (Å²) < 4.78 is 24.5. The minimum atomic E-state index is -0.188. The van der Waals surface area contributed by atoms with Gasteiger partial charge in [-0.3, -0.25) is 9.69 Å². The number of benzene rings is 2. The van der Waals surface area contributed by atoms with Crippen molar-refractivity contribution in [2.75, 3.05) is 39.9 Å². The molecular formula is C26H28N4O5S. The van der Waals surface area contributed by atoms with Crippen LogP contribution < -0.4 is 23.8 Å². The first kappa shape index (κ1) is 25.1. The number of amides is 1. The number of anilines is 1. The summed E-state index contributed by atoms with van der Waals surface area (Å²) in [5.41, 5.74) is 1.47. The minimum absolute atomic E-state index is 0.188. The highest BCUT2D eigenvalue weighted by molar-refractivity contribution is 7.22. The second kappa shape index (κ2) is 11.6. The van der Waals surface area contributed by atoms with Gasteiger partial charge in [0.15, 0.2) is 16.6 Å². The number of methoxy groups -OCH3 is 4. The molecular weight excluding hydrogens is 480 g/mol. The Morgan fingerprint density at radius 1 is 1.00 bits per heavy atom. The quantitative estimate of drug-likeness (QED) is 0.272. The van der Waals surface area contributed by atoms with Crippen LogP contribution >= 0.6 is 11.3 Å². The molecule has 36 heavy (non-hydrogen) atoms. The maximum Gasteiger partial charge on any atom is 0.252 e. The minimum Gasteiger partial charge on any atom is -0.495 e. The van der Waals surface area contributed by atoms with Gasteiger partial charge in [-0.1, -0.05) is 17.4 Å². The van der Waals surface area contributed by atoms with E-state index in [0.29, 0.717) is 40.2 Å². The van der Waals surface area contributed by atoms with Crippen molar-refractivity contribution < 1.29 is 23.7 Å². The van der Waals surface area contributed by atoms with Crippen LogP contribution in [-0.4, -0.2) is 55.4 Å². The summed E-state index contributed by atoms with van der Waals surface area (Å²) in [5.74, 6) is 2.34. The van der Waals surface area contributed by atoms with Crippen molar-refractivity contribution in [1.82, 2.24) is 14.5 Å². The van der Waals surface area contributed by atoms with Gasteiger partial charge in [-0.2, -0.15) is 0 Å². The van der Waals surface area contributed by atoms with Gasteiger partial charge >= 0.3 is 0 Å². The fourth-order valence-electron chi connectivity index (χ4n) is 3.73. The molecule has 10 heteroatoms. The lowest BCUT2D eigenvalue weighted by molar-refractivity contribution is -0.114. The van der Waals surface area contributed by atoms with Gasteiger partial charge in [-0.15, -0.1) is 0 Å². The van der Waals surface area contributed by atoms with Gasteiger partial charge in [0.25, 0.3) is 5.91 Å². The third kappa shape index (κ3) is 5.44. The normalized spacial score (nSPS) is 11.1. The Hall–Kier alpha value is -4.05. The second-order valence-electron chi connectivity index (χ2n) is 7.74. The molecule has 4 aromatic rings. The number of nitrogens with zero attached hydrogens (tertiary/aromatic N) is 4. The first-order chi connectivity index (χ1) is 17.6. The summed E-state index contributed by atoms with van der Waals surface area (Å²) >= 11 is 1.39. The molecule has 0 atom stereocenters. The third-order valence-corrected chi connectivity index (χ3v) is 6.67. The van der Waals surface area contributed by atoms with Crippen molar-refractivity contribution in [3.05, 3.63) is 60.7 Å². The summed E-state index contributed by atoms with van der Waals surface area (Å²) in [7, 11) is 6.37. The van der Waals surface area contributed by atoms with Gasteiger partial charge < -0.3 is 23.5 Å². The van der Waals surface area contributed by atoms with Crippen molar-refractivity contribution in [3.8, 4) is 23.0 Å². The van der Waals surface area contributed by atoms with Crippen LogP contribution in [0.25, 0.3) is 16.3 Å². The lowest BCUT2D eigenvalue weighted by Crippen LogP contribution is -2.30. The van der Waals surface area contributed by atoms with Gasteiger partial charge in [0.05, 0.1) is 34.8 Å². The molecule has 0 fully saturated rings. The van der Waals surface area contributed by atoms with Crippen LogP contribution in [0.3, 0.4) is 0 Å². The van der Waals surface area contributed by atoms with Crippen LogP contribution in [0.15, 0.2) is 55.1 Å². The largest absolute Gasteiger partial charge is 0.495 e. The lowest BCUT2D eigenvalue weighted by Gasteiger charge is -2.18. The highest BCUT2D eigenvalue weighted by atomic mass is 32.1. The van der Waals surface area contributed by atoms with Gasteiger partial charge in [0.1, 0.15) is 21.7 Å². The molecule has 0 radical (unpaired) electrons. The summed E-state index contributed by atoms with van der Waals surface area (Å²) in [6.45, 7) is 1.19. The van der Waals surface area contributed by atoms with Crippen LogP contribution in [0, 0.1) is 0 Å². The molecule has 0 saturated carbocycles. The van der Waals surface area contributed by atoms with E-state index in [1.165, 1.54) is 11.3 Å². The van der Waals surface area contributed by atoms with E-state index in [0.717, 1.165) is 23.2 Å². The number of fused-ring (bicyclic) bond motifs is 1. The number of hydrogen-bond acceptors (Lipinski definition) is 8. The molecule has 0 saturated heterocycles.